The molecule has 1 aliphatic rings. The van der Waals surface area contributed by atoms with E-state index in [0.29, 0.717) is 0 Å². The monoisotopic (exact) mass is 299 g/mol. The predicted molar refractivity (Wildman–Crippen MR) is 74.2 cm³/mol. The van der Waals surface area contributed by atoms with Gasteiger partial charge in [0.2, 0.25) is 0 Å². The van der Waals surface area contributed by atoms with Crippen molar-refractivity contribution in [1.82, 2.24) is 0 Å². The second-order valence-electron chi connectivity index (χ2n) is 4.99. The average molecular weight is 299 g/mol. The molecule has 22 heavy (non-hydrogen) atoms. The number of carboxylic acid groups (broad SMARTS) is 1. The number of carboxylic acids is 1. The number of benzene rings is 1. The molecule has 0 bridgehead atoms. The van der Waals surface area contributed by atoms with Gasteiger partial charge >= 0.3 is 5.97 Å². The summed E-state index contributed by atoms with van der Waals surface area (Å²) in [6.45, 7) is 0. The highest BCUT2D eigenvalue weighted by molar-refractivity contribution is 5.85. The predicted octanol–water partition coefficient (Wildman–Crippen LogP) is 2.46. The van der Waals surface area contributed by atoms with Crippen LogP contribution < -0.4 is 0 Å². The lowest BCUT2D eigenvalue weighted by Crippen LogP contribution is -2.38. The van der Waals surface area contributed by atoms with Crippen molar-refractivity contribution < 1.29 is 23.8 Å². The highest BCUT2D eigenvalue weighted by atomic mass is 19.1. The van der Waals surface area contributed by atoms with E-state index in [0.717, 1.165) is 6.07 Å². The summed E-state index contributed by atoms with van der Waals surface area (Å²) in [5.74, 6) is -2.52. The zero-order valence-electron chi connectivity index (χ0n) is 11.2. The van der Waals surface area contributed by atoms with Gasteiger partial charge in [0.15, 0.2) is 0 Å². The Kier molecular flexibility index (Phi) is 3.08. The molecule has 110 valence electrons. The lowest BCUT2D eigenvalue weighted by atomic mass is 9.77. The fraction of sp³-hybridized carbons (Fsp3) is 0.125. The number of nitrogens with zero attached hydrogens (tertiary/aromatic N) is 1. The Balaban J connectivity index is 2.32. The van der Waals surface area contributed by atoms with Gasteiger partial charge in [-0.1, -0.05) is 18.2 Å². The summed E-state index contributed by atoms with van der Waals surface area (Å²) < 4.78 is 18.4. The SMILES string of the molecule is N#Cc1cc(C2(O)C=CC=CC2C(=O)O)c2oc(F)cc2c1. The Morgan fingerprint density at radius 1 is 1.36 bits per heavy atom. The second kappa shape index (κ2) is 4.83. The summed E-state index contributed by atoms with van der Waals surface area (Å²) in [6.07, 6.45) is 5.61. The van der Waals surface area contributed by atoms with Crippen LogP contribution in [0.2, 0.25) is 0 Å². The molecule has 1 aromatic carbocycles. The van der Waals surface area contributed by atoms with Gasteiger partial charge in [0.25, 0.3) is 6.01 Å². The summed E-state index contributed by atoms with van der Waals surface area (Å²) in [6, 6.07) is 4.83. The van der Waals surface area contributed by atoms with Gasteiger partial charge in [-0.2, -0.15) is 9.65 Å². The van der Waals surface area contributed by atoms with Crippen LogP contribution in [0.15, 0.2) is 46.9 Å². The van der Waals surface area contributed by atoms with Crippen LogP contribution in [0.25, 0.3) is 11.0 Å². The third kappa shape index (κ3) is 2.00. The normalized spacial score (nSPS) is 23.6. The second-order valence-corrected chi connectivity index (χ2v) is 4.99. The highest BCUT2D eigenvalue weighted by Crippen LogP contribution is 2.40. The van der Waals surface area contributed by atoms with E-state index < -0.39 is 23.5 Å². The third-order valence-electron chi connectivity index (χ3n) is 3.65. The van der Waals surface area contributed by atoms with E-state index in [-0.39, 0.29) is 22.1 Å². The molecule has 1 aromatic heterocycles. The molecule has 2 atom stereocenters. The van der Waals surface area contributed by atoms with E-state index in [2.05, 4.69) is 0 Å². The molecule has 5 nitrogen and oxygen atoms in total. The minimum absolute atomic E-state index is 0.0187. The van der Waals surface area contributed by atoms with Crippen LogP contribution >= 0.6 is 0 Å². The van der Waals surface area contributed by atoms with Crippen molar-refractivity contribution in [3.8, 4) is 6.07 Å². The number of allylic oxidation sites excluding steroid dienone is 2. The van der Waals surface area contributed by atoms with E-state index in [9.17, 15) is 19.4 Å². The summed E-state index contributed by atoms with van der Waals surface area (Å²) in [4.78, 5) is 11.4. The molecule has 0 aliphatic heterocycles. The fourth-order valence-electron chi connectivity index (χ4n) is 2.64. The Bertz CT molecular complexity index is 874. The molecule has 2 aromatic rings. The molecule has 0 amide bonds. The zero-order chi connectivity index (χ0) is 15.9. The largest absolute Gasteiger partial charge is 0.481 e. The number of fused-ring (bicyclic) bond motifs is 1. The van der Waals surface area contributed by atoms with Crippen LogP contribution in [0.4, 0.5) is 4.39 Å². The van der Waals surface area contributed by atoms with Gasteiger partial charge in [0.1, 0.15) is 17.1 Å². The number of aliphatic carboxylic acids is 1. The first-order valence-corrected chi connectivity index (χ1v) is 6.40. The average Bonchev–Trinajstić information content (AvgIpc) is 2.86. The van der Waals surface area contributed by atoms with Crippen molar-refractivity contribution in [2.45, 2.75) is 5.60 Å². The maximum atomic E-state index is 13.4. The number of halogens is 1. The molecule has 0 saturated heterocycles. The molecule has 0 saturated carbocycles. The van der Waals surface area contributed by atoms with E-state index >= 15 is 0 Å². The molecule has 0 radical (unpaired) electrons. The van der Waals surface area contributed by atoms with Crippen LogP contribution in [0, 0.1) is 23.3 Å². The van der Waals surface area contributed by atoms with E-state index in [4.69, 9.17) is 9.68 Å². The van der Waals surface area contributed by atoms with Crippen LogP contribution in [-0.4, -0.2) is 16.2 Å². The van der Waals surface area contributed by atoms with Crippen molar-refractivity contribution >= 4 is 16.9 Å². The van der Waals surface area contributed by atoms with Gasteiger partial charge in [0, 0.05) is 17.0 Å². The molecule has 0 fully saturated rings. The third-order valence-corrected chi connectivity index (χ3v) is 3.65. The summed E-state index contributed by atoms with van der Waals surface area (Å²) >= 11 is 0. The van der Waals surface area contributed by atoms with Gasteiger partial charge in [0.05, 0.1) is 11.6 Å². The van der Waals surface area contributed by atoms with Gasteiger partial charge in [-0.25, -0.2) is 0 Å². The van der Waals surface area contributed by atoms with Crippen molar-refractivity contribution in [3.63, 3.8) is 0 Å². The molecule has 1 heterocycles. The number of hydrogen-bond donors (Lipinski definition) is 2. The topological polar surface area (TPSA) is 94.5 Å². The number of aliphatic hydroxyl groups is 1. The number of furan rings is 1. The Labute approximate surface area is 124 Å². The number of carbonyl (C=O) groups is 1. The Hall–Kier alpha value is -2.91. The number of nitriles is 1. The first kappa shape index (κ1) is 14.0. The molecule has 6 heteroatoms. The fourth-order valence-corrected chi connectivity index (χ4v) is 2.64. The van der Waals surface area contributed by atoms with Crippen molar-refractivity contribution in [2.24, 2.45) is 5.92 Å². The van der Waals surface area contributed by atoms with Gasteiger partial charge in [-0.3, -0.25) is 4.79 Å². The smallest absolute Gasteiger partial charge is 0.314 e. The van der Waals surface area contributed by atoms with Crippen molar-refractivity contribution in [3.05, 3.63) is 59.6 Å². The van der Waals surface area contributed by atoms with Gasteiger partial charge in [-0.05, 0) is 18.2 Å². The lowest BCUT2D eigenvalue weighted by molar-refractivity contribution is -0.146. The van der Waals surface area contributed by atoms with E-state index in [1.807, 2.05) is 6.07 Å². The van der Waals surface area contributed by atoms with E-state index in [1.54, 1.807) is 0 Å². The number of rotatable bonds is 2. The minimum atomic E-state index is -1.93. The number of hydrogen-bond acceptors (Lipinski definition) is 4. The molecule has 2 unspecified atom stereocenters. The standard InChI is InChI=1S/C16H10FNO4/c17-13-7-10-5-9(8-18)6-12(14(10)22-13)16(21)4-2-1-3-11(16)15(19)20/h1-7,11,21H,(H,19,20). The first-order chi connectivity index (χ1) is 10.5. The zero-order valence-corrected chi connectivity index (χ0v) is 11.2. The molecule has 2 N–H and O–H groups in total. The quantitative estimate of drug-likeness (QED) is 0.888. The van der Waals surface area contributed by atoms with Crippen LogP contribution in [0.1, 0.15) is 11.1 Å². The summed E-state index contributed by atoms with van der Waals surface area (Å²) in [5.41, 5.74) is -1.71. The van der Waals surface area contributed by atoms with Gasteiger partial charge in [-0.15, -0.1) is 0 Å². The molecular formula is C16H10FNO4. The van der Waals surface area contributed by atoms with Crippen LogP contribution in [0.3, 0.4) is 0 Å². The molecular weight excluding hydrogens is 289 g/mol. The summed E-state index contributed by atoms with van der Waals surface area (Å²) in [5, 5.41) is 29.6. The molecule has 1 aliphatic carbocycles. The van der Waals surface area contributed by atoms with Crippen LogP contribution in [0.5, 0.6) is 0 Å². The highest BCUT2D eigenvalue weighted by Gasteiger charge is 2.43. The van der Waals surface area contributed by atoms with Gasteiger partial charge < -0.3 is 14.6 Å². The van der Waals surface area contributed by atoms with Crippen molar-refractivity contribution in [1.29, 1.82) is 5.26 Å². The maximum absolute atomic E-state index is 13.4. The lowest BCUT2D eigenvalue weighted by Gasteiger charge is -2.31. The Morgan fingerprint density at radius 2 is 2.14 bits per heavy atom. The minimum Gasteiger partial charge on any atom is -0.481 e. The summed E-state index contributed by atoms with van der Waals surface area (Å²) in [7, 11) is 0. The molecule has 0 spiro atoms. The van der Waals surface area contributed by atoms with E-state index in [1.165, 1.54) is 36.4 Å². The van der Waals surface area contributed by atoms with Crippen LogP contribution in [-0.2, 0) is 10.4 Å². The van der Waals surface area contributed by atoms with Crippen molar-refractivity contribution in [2.75, 3.05) is 0 Å². The first-order valence-electron chi connectivity index (χ1n) is 6.40. The maximum Gasteiger partial charge on any atom is 0.314 e. The Morgan fingerprint density at radius 3 is 2.82 bits per heavy atom. The molecule has 3 rings (SSSR count).